The van der Waals surface area contributed by atoms with Crippen LogP contribution in [0.1, 0.15) is 38.5 Å². The summed E-state index contributed by atoms with van der Waals surface area (Å²) in [7, 11) is -1.04. The summed E-state index contributed by atoms with van der Waals surface area (Å²) in [5, 5.41) is 6.55. The smallest absolute Gasteiger partial charge is 0.190 e. The van der Waals surface area contributed by atoms with E-state index in [0.29, 0.717) is 18.1 Å². The van der Waals surface area contributed by atoms with Crippen molar-refractivity contribution < 1.29 is 8.42 Å². The zero-order chi connectivity index (χ0) is 15.1. The second kappa shape index (κ2) is 9.75. The van der Waals surface area contributed by atoms with E-state index in [1.54, 1.807) is 12.6 Å². The topological polar surface area (TPSA) is 70.6 Å². The van der Waals surface area contributed by atoms with Crippen LogP contribution >= 0.6 is 24.0 Å². The molecule has 0 radical (unpaired) electrons. The Kier molecular flexibility index (Phi) is 8.74. The number of hydrogen-bond donors (Lipinski definition) is 2. The maximum absolute atomic E-state index is 11.4. The molecule has 2 N–H and O–H groups in total. The van der Waals surface area contributed by atoms with Gasteiger partial charge >= 0.3 is 0 Å². The summed E-state index contributed by atoms with van der Waals surface area (Å²) >= 11 is 0. The summed E-state index contributed by atoms with van der Waals surface area (Å²) in [6.07, 6.45) is 9.29. The van der Waals surface area contributed by atoms with E-state index in [1.165, 1.54) is 25.7 Å². The predicted octanol–water partition coefficient (Wildman–Crippen LogP) is 2.09. The Balaban J connectivity index is 0.00000242. The highest BCUT2D eigenvalue weighted by molar-refractivity contribution is 14.0. The molecule has 2 aliphatic rings. The lowest BCUT2D eigenvalue weighted by molar-refractivity contribution is 0.566. The van der Waals surface area contributed by atoms with Gasteiger partial charge in [-0.05, 0) is 44.4 Å². The summed E-state index contributed by atoms with van der Waals surface area (Å²) in [6, 6.07) is 0. The maximum Gasteiger partial charge on any atom is 0.190 e. The molecule has 1 atom stereocenters. The molecule has 22 heavy (non-hydrogen) atoms. The quantitative estimate of drug-likeness (QED) is 0.297. The van der Waals surface area contributed by atoms with Gasteiger partial charge in [-0.25, -0.2) is 8.42 Å². The molecular weight excluding hydrogens is 413 g/mol. The number of guanidine groups is 1. The van der Waals surface area contributed by atoms with E-state index in [4.69, 9.17) is 0 Å². The first-order chi connectivity index (χ1) is 10.1. The van der Waals surface area contributed by atoms with Crippen molar-refractivity contribution >= 4 is 39.8 Å². The third-order valence-corrected chi connectivity index (χ3v) is 6.07. The summed E-state index contributed by atoms with van der Waals surface area (Å²) in [6.45, 7) is 1.57. The van der Waals surface area contributed by atoms with Gasteiger partial charge in [0.2, 0.25) is 0 Å². The molecule has 7 heteroatoms. The summed E-state index contributed by atoms with van der Waals surface area (Å²) in [4.78, 5) is 4.19. The Morgan fingerprint density at radius 2 is 2.18 bits per heavy atom. The van der Waals surface area contributed by atoms with Gasteiger partial charge < -0.3 is 10.6 Å². The molecule has 1 heterocycles. The molecule has 1 unspecified atom stereocenters. The Hall–Kier alpha value is -0.310. The van der Waals surface area contributed by atoms with Gasteiger partial charge in [-0.2, -0.15) is 0 Å². The fourth-order valence-corrected chi connectivity index (χ4v) is 4.83. The van der Waals surface area contributed by atoms with E-state index in [1.807, 2.05) is 0 Å². The lowest BCUT2D eigenvalue weighted by atomic mass is 9.97. The first-order valence-corrected chi connectivity index (χ1v) is 9.74. The standard InChI is InChI=1S/C15H27N3O2S.HI/c1-16-15(17-9-7-13-5-3-2-4-6-13)18-11-14-8-10-21(19,20)12-14;/h5,14H,2-4,6-12H2,1H3,(H2,16,17,18);1H. The van der Waals surface area contributed by atoms with Crippen LogP contribution in [-0.4, -0.2) is 46.0 Å². The van der Waals surface area contributed by atoms with Crippen molar-refractivity contribution in [2.24, 2.45) is 10.9 Å². The van der Waals surface area contributed by atoms with Crippen LogP contribution in [0.4, 0.5) is 0 Å². The lowest BCUT2D eigenvalue weighted by Crippen LogP contribution is -2.40. The van der Waals surface area contributed by atoms with Crippen molar-refractivity contribution in [2.45, 2.75) is 38.5 Å². The van der Waals surface area contributed by atoms with Gasteiger partial charge in [-0.15, -0.1) is 24.0 Å². The molecule has 0 bridgehead atoms. The monoisotopic (exact) mass is 441 g/mol. The third kappa shape index (κ3) is 6.85. The van der Waals surface area contributed by atoms with Crippen LogP contribution in [0.5, 0.6) is 0 Å². The van der Waals surface area contributed by atoms with Gasteiger partial charge in [-0.1, -0.05) is 11.6 Å². The fraction of sp³-hybridized carbons (Fsp3) is 0.800. The van der Waals surface area contributed by atoms with Gasteiger partial charge in [0.15, 0.2) is 15.8 Å². The summed E-state index contributed by atoms with van der Waals surface area (Å²) in [5.41, 5.74) is 1.55. The van der Waals surface area contributed by atoms with E-state index in [9.17, 15) is 8.42 Å². The van der Waals surface area contributed by atoms with Crippen molar-refractivity contribution in [3.05, 3.63) is 11.6 Å². The number of nitrogens with zero attached hydrogens (tertiary/aromatic N) is 1. The minimum atomic E-state index is -2.79. The number of halogens is 1. The van der Waals surface area contributed by atoms with E-state index in [2.05, 4.69) is 21.7 Å². The Labute approximate surface area is 151 Å². The molecular formula is C15H28IN3O2S. The predicted molar refractivity (Wildman–Crippen MR) is 103 cm³/mol. The molecule has 5 nitrogen and oxygen atoms in total. The normalized spacial score (nSPS) is 24.3. The molecule has 0 aromatic carbocycles. The molecule has 1 aliphatic carbocycles. The number of nitrogens with one attached hydrogen (secondary N) is 2. The number of aliphatic imine (C=N–C) groups is 1. The number of allylic oxidation sites excluding steroid dienone is 1. The first kappa shape index (κ1) is 19.7. The van der Waals surface area contributed by atoms with E-state index >= 15 is 0 Å². The molecule has 0 saturated carbocycles. The van der Waals surface area contributed by atoms with Crippen molar-refractivity contribution in [3.63, 3.8) is 0 Å². The second-order valence-electron chi connectivity index (χ2n) is 6.01. The average molecular weight is 441 g/mol. The highest BCUT2D eigenvalue weighted by atomic mass is 127. The van der Waals surface area contributed by atoms with Gasteiger partial charge in [0, 0.05) is 20.1 Å². The highest BCUT2D eigenvalue weighted by Gasteiger charge is 2.27. The third-order valence-electron chi connectivity index (χ3n) is 4.23. The average Bonchev–Trinajstić information content (AvgIpc) is 2.83. The summed E-state index contributed by atoms with van der Waals surface area (Å²) < 4.78 is 22.8. The molecule has 0 aromatic rings. The fourth-order valence-electron chi connectivity index (χ4n) is 2.97. The highest BCUT2D eigenvalue weighted by Crippen LogP contribution is 2.19. The van der Waals surface area contributed by atoms with Crippen LogP contribution in [0.3, 0.4) is 0 Å². The maximum atomic E-state index is 11.4. The largest absolute Gasteiger partial charge is 0.356 e. The van der Waals surface area contributed by atoms with Gasteiger partial charge in [-0.3, -0.25) is 4.99 Å². The van der Waals surface area contributed by atoms with Crippen LogP contribution < -0.4 is 10.6 Å². The molecule has 1 aliphatic heterocycles. The Morgan fingerprint density at radius 1 is 1.36 bits per heavy atom. The van der Waals surface area contributed by atoms with E-state index < -0.39 is 9.84 Å². The minimum Gasteiger partial charge on any atom is -0.356 e. The van der Waals surface area contributed by atoms with E-state index in [0.717, 1.165) is 25.3 Å². The molecule has 0 spiro atoms. The SMILES string of the molecule is CN=C(NCCC1=CCCCC1)NCC1CCS(=O)(=O)C1.I. The van der Waals surface area contributed by atoms with Crippen LogP contribution in [0.2, 0.25) is 0 Å². The number of rotatable bonds is 5. The molecule has 1 fully saturated rings. The van der Waals surface area contributed by atoms with Crippen LogP contribution in [0, 0.1) is 5.92 Å². The van der Waals surface area contributed by atoms with Gasteiger partial charge in [0.05, 0.1) is 11.5 Å². The lowest BCUT2D eigenvalue weighted by Gasteiger charge is -2.16. The molecule has 0 amide bonds. The second-order valence-corrected chi connectivity index (χ2v) is 8.24. The molecule has 2 rings (SSSR count). The first-order valence-electron chi connectivity index (χ1n) is 7.92. The minimum absolute atomic E-state index is 0. The van der Waals surface area contributed by atoms with Gasteiger partial charge in [0.25, 0.3) is 0 Å². The van der Waals surface area contributed by atoms with E-state index in [-0.39, 0.29) is 29.9 Å². The number of sulfone groups is 1. The molecule has 128 valence electrons. The number of hydrogen-bond acceptors (Lipinski definition) is 3. The van der Waals surface area contributed by atoms with Crippen LogP contribution in [0.15, 0.2) is 16.6 Å². The van der Waals surface area contributed by atoms with Crippen LogP contribution in [0.25, 0.3) is 0 Å². The molecule has 0 aromatic heterocycles. The zero-order valence-electron chi connectivity index (χ0n) is 13.3. The zero-order valence-corrected chi connectivity index (χ0v) is 16.5. The van der Waals surface area contributed by atoms with Crippen molar-refractivity contribution in [1.29, 1.82) is 0 Å². The summed E-state index contributed by atoms with van der Waals surface area (Å²) in [5.74, 6) is 1.63. The van der Waals surface area contributed by atoms with Gasteiger partial charge in [0.1, 0.15) is 0 Å². The molecule has 1 saturated heterocycles. The van der Waals surface area contributed by atoms with Crippen molar-refractivity contribution in [2.75, 3.05) is 31.6 Å². The van der Waals surface area contributed by atoms with Crippen molar-refractivity contribution in [1.82, 2.24) is 10.6 Å². The Morgan fingerprint density at radius 3 is 2.77 bits per heavy atom. The van der Waals surface area contributed by atoms with Crippen molar-refractivity contribution in [3.8, 4) is 0 Å². The van der Waals surface area contributed by atoms with Crippen LogP contribution in [-0.2, 0) is 9.84 Å². The Bertz CT molecular complexity index is 503.